The molecule has 1 aliphatic rings. The molecule has 1 fully saturated rings. The van der Waals surface area contributed by atoms with Crippen molar-refractivity contribution in [2.75, 3.05) is 11.9 Å². The number of aryl methyl sites for hydroxylation is 1. The highest BCUT2D eigenvalue weighted by molar-refractivity contribution is 7.80. The molecule has 1 aromatic rings. The van der Waals surface area contributed by atoms with Crippen LogP contribution in [0.15, 0.2) is 0 Å². The second kappa shape index (κ2) is 7.88. The molecule has 0 atom stereocenters. The van der Waals surface area contributed by atoms with Gasteiger partial charge in [0, 0.05) is 10.8 Å². The summed E-state index contributed by atoms with van der Waals surface area (Å²) in [4.78, 5) is 25.3. The third-order valence-electron chi connectivity index (χ3n) is 4.05. The van der Waals surface area contributed by atoms with Gasteiger partial charge in [0.25, 0.3) is 0 Å². The van der Waals surface area contributed by atoms with Gasteiger partial charge in [-0.05, 0) is 51.4 Å². The Bertz CT molecular complexity index is 619. The van der Waals surface area contributed by atoms with Crippen LogP contribution < -0.4 is 10.6 Å². The van der Waals surface area contributed by atoms with Crippen LogP contribution in [0, 0.1) is 19.8 Å². The van der Waals surface area contributed by atoms with E-state index in [1.807, 2.05) is 13.8 Å². The summed E-state index contributed by atoms with van der Waals surface area (Å²) in [6.07, 6.45) is 4.02. The number of thiophene rings is 1. The van der Waals surface area contributed by atoms with Gasteiger partial charge in [-0.2, -0.15) is 0 Å². The lowest BCUT2D eigenvalue weighted by molar-refractivity contribution is -0.123. The number of hydrogen-bond acceptors (Lipinski definition) is 5. The number of nitrogens with one attached hydrogen (secondary N) is 2. The van der Waals surface area contributed by atoms with E-state index < -0.39 is 0 Å². The van der Waals surface area contributed by atoms with E-state index in [0.29, 0.717) is 17.2 Å². The summed E-state index contributed by atoms with van der Waals surface area (Å²) in [7, 11) is 0. The molecule has 126 valence electrons. The van der Waals surface area contributed by atoms with Gasteiger partial charge >= 0.3 is 5.97 Å². The van der Waals surface area contributed by atoms with Crippen LogP contribution in [0.3, 0.4) is 0 Å². The Kier molecular flexibility index (Phi) is 6.12. The first-order valence-electron chi connectivity index (χ1n) is 7.83. The van der Waals surface area contributed by atoms with Crippen LogP contribution in [0.1, 0.15) is 53.4 Å². The first-order valence-corrected chi connectivity index (χ1v) is 9.05. The number of hydrogen-bond donors (Lipinski definition) is 2. The van der Waals surface area contributed by atoms with Gasteiger partial charge in [-0.25, -0.2) is 4.79 Å². The van der Waals surface area contributed by atoms with Gasteiger partial charge in [0.1, 0.15) is 5.00 Å². The highest BCUT2D eigenvalue weighted by atomic mass is 32.1. The summed E-state index contributed by atoms with van der Waals surface area (Å²) in [6, 6.07) is 0. The highest BCUT2D eigenvalue weighted by Crippen LogP contribution is 2.33. The minimum Gasteiger partial charge on any atom is -0.462 e. The second-order valence-electron chi connectivity index (χ2n) is 5.63. The maximum absolute atomic E-state index is 12.1. The third kappa shape index (κ3) is 4.29. The number of rotatable bonds is 4. The molecule has 0 bridgehead atoms. The molecule has 1 saturated carbocycles. The first-order chi connectivity index (χ1) is 10.9. The van der Waals surface area contributed by atoms with E-state index in [2.05, 4.69) is 10.6 Å². The summed E-state index contributed by atoms with van der Waals surface area (Å²) < 4.78 is 5.10. The van der Waals surface area contributed by atoms with Crippen molar-refractivity contribution >= 4 is 45.5 Å². The zero-order chi connectivity index (χ0) is 17.0. The van der Waals surface area contributed by atoms with Crippen molar-refractivity contribution in [1.82, 2.24) is 5.32 Å². The number of thiocarbonyl (C=S) groups is 1. The molecule has 5 nitrogen and oxygen atoms in total. The molecular formula is C16H22N2O3S2. The summed E-state index contributed by atoms with van der Waals surface area (Å²) >= 11 is 6.65. The minimum absolute atomic E-state index is 0.0392. The maximum Gasteiger partial charge on any atom is 0.341 e. The predicted octanol–water partition coefficient (Wildman–Crippen LogP) is 3.54. The summed E-state index contributed by atoms with van der Waals surface area (Å²) in [5, 5.41) is 6.57. The smallest absolute Gasteiger partial charge is 0.341 e. The number of carbonyl (C=O) groups is 2. The van der Waals surface area contributed by atoms with Crippen molar-refractivity contribution in [3.63, 3.8) is 0 Å². The Labute approximate surface area is 145 Å². The molecule has 1 aliphatic carbocycles. The molecule has 0 radical (unpaired) electrons. The van der Waals surface area contributed by atoms with Crippen molar-refractivity contribution in [2.24, 2.45) is 5.92 Å². The number of amides is 1. The van der Waals surface area contributed by atoms with Gasteiger partial charge in [0.05, 0.1) is 12.2 Å². The van der Waals surface area contributed by atoms with Crippen molar-refractivity contribution in [3.8, 4) is 0 Å². The SMILES string of the molecule is CCOC(=O)c1c(NC(=S)NC(=O)C2CCCC2)sc(C)c1C. The molecule has 2 N–H and O–H groups in total. The number of anilines is 1. The Balaban J connectivity index is 2.07. The molecule has 0 spiro atoms. The Morgan fingerprint density at radius 3 is 2.57 bits per heavy atom. The predicted molar refractivity (Wildman–Crippen MR) is 96.1 cm³/mol. The molecule has 0 saturated heterocycles. The molecule has 0 aliphatic heterocycles. The fourth-order valence-electron chi connectivity index (χ4n) is 2.70. The largest absolute Gasteiger partial charge is 0.462 e. The molecule has 0 aromatic carbocycles. The number of esters is 1. The normalized spacial score (nSPS) is 14.6. The average molecular weight is 354 g/mol. The lowest BCUT2D eigenvalue weighted by Crippen LogP contribution is -2.37. The van der Waals surface area contributed by atoms with E-state index >= 15 is 0 Å². The van der Waals surface area contributed by atoms with Gasteiger partial charge in [0.15, 0.2) is 5.11 Å². The summed E-state index contributed by atoms with van der Waals surface area (Å²) in [5.41, 5.74) is 1.37. The standard InChI is InChI=1S/C16H22N2O3S2/c1-4-21-15(20)12-9(2)10(3)23-14(12)18-16(22)17-13(19)11-7-5-6-8-11/h11H,4-8H2,1-3H3,(H2,17,18,19,22). The molecule has 1 amide bonds. The van der Waals surface area contributed by atoms with Crippen molar-refractivity contribution in [3.05, 3.63) is 16.0 Å². The van der Waals surface area contributed by atoms with Gasteiger partial charge in [-0.1, -0.05) is 12.8 Å². The van der Waals surface area contributed by atoms with Crippen LogP contribution in [0.5, 0.6) is 0 Å². The van der Waals surface area contributed by atoms with Crippen LogP contribution in [-0.2, 0) is 9.53 Å². The monoisotopic (exact) mass is 354 g/mol. The van der Waals surface area contributed by atoms with E-state index in [-0.39, 0.29) is 22.9 Å². The van der Waals surface area contributed by atoms with Crippen LogP contribution in [-0.4, -0.2) is 23.6 Å². The molecule has 7 heteroatoms. The van der Waals surface area contributed by atoms with E-state index in [1.54, 1.807) is 6.92 Å². The minimum atomic E-state index is -0.373. The first kappa shape index (κ1) is 17.9. The molecule has 2 rings (SSSR count). The highest BCUT2D eigenvalue weighted by Gasteiger charge is 2.25. The quantitative estimate of drug-likeness (QED) is 0.639. The maximum atomic E-state index is 12.1. The topological polar surface area (TPSA) is 67.4 Å². The van der Waals surface area contributed by atoms with Crippen LogP contribution in [0.25, 0.3) is 0 Å². The van der Waals surface area contributed by atoms with E-state index in [4.69, 9.17) is 17.0 Å². The van der Waals surface area contributed by atoms with Crippen molar-refractivity contribution in [1.29, 1.82) is 0 Å². The third-order valence-corrected chi connectivity index (χ3v) is 5.38. The Morgan fingerprint density at radius 2 is 1.96 bits per heavy atom. The molecule has 1 aromatic heterocycles. The van der Waals surface area contributed by atoms with E-state index in [9.17, 15) is 9.59 Å². The zero-order valence-corrected chi connectivity index (χ0v) is 15.3. The van der Waals surface area contributed by atoms with Gasteiger partial charge < -0.3 is 15.4 Å². The molecule has 23 heavy (non-hydrogen) atoms. The van der Waals surface area contributed by atoms with Crippen molar-refractivity contribution < 1.29 is 14.3 Å². The second-order valence-corrected chi connectivity index (χ2v) is 7.27. The van der Waals surface area contributed by atoms with Gasteiger partial charge in [-0.15, -0.1) is 11.3 Å². The lowest BCUT2D eigenvalue weighted by Gasteiger charge is -2.13. The molecule has 0 unspecified atom stereocenters. The number of ether oxygens (including phenoxy) is 1. The van der Waals surface area contributed by atoms with Crippen LogP contribution >= 0.6 is 23.6 Å². The molecular weight excluding hydrogens is 332 g/mol. The zero-order valence-electron chi connectivity index (χ0n) is 13.7. The Hall–Kier alpha value is -1.47. The van der Waals surface area contributed by atoms with Crippen LogP contribution in [0.2, 0.25) is 0 Å². The van der Waals surface area contributed by atoms with Crippen LogP contribution in [0.4, 0.5) is 5.00 Å². The van der Waals surface area contributed by atoms with Crippen molar-refractivity contribution in [2.45, 2.75) is 46.5 Å². The Morgan fingerprint density at radius 1 is 1.30 bits per heavy atom. The lowest BCUT2D eigenvalue weighted by atomic mass is 10.1. The molecule has 1 heterocycles. The van der Waals surface area contributed by atoms with E-state index in [1.165, 1.54) is 11.3 Å². The summed E-state index contributed by atoms with van der Waals surface area (Å²) in [6.45, 7) is 5.90. The number of carbonyl (C=O) groups excluding carboxylic acids is 2. The van der Waals surface area contributed by atoms with Gasteiger partial charge in [-0.3, -0.25) is 4.79 Å². The fraction of sp³-hybridized carbons (Fsp3) is 0.562. The summed E-state index contributed by atoms with van der Waals surface area (Å²) in [5.74, 6) is -0.365. The van der Waals surface area contributed by atoms with E-state index in [0.717, 1.165) is 36.1 Å². The fourth-order valence-corrected chi connectivity index (χ4v) is 4.02. The van der Waals surface area contributed by atoms with Gasteiger partial charge in [0.2, 0.25) is 5.91 Å². The average Bonchev–Trinajstić information content (AvgIpc) is 3.09.